The summed E-state index contributed by atoms with van der Waals surface area (Å²) in [4.78, 5) is 2.66. The molecule has 0 spiro atoms. The second-order valence-corrected chi connectivity index (χ2v) is 4.45. The third-order valence-electron chi connectivity index (χ3n) is 3.11. The Morgan fingerprint density at radius 3 is 2.77 bits per heavy atom. The lowest BCUT2D eigenvalue weighted by molar-refractivity contribution is 0.167. The number of nitrogens with zero attached hydrogens (tertiary/aromatic N) is 1. The van der Waals surface area contributed by atoms with Crippen LogP contribution in [0.1, 0.15) is 52.4 Å². The number of hydrogen-bond acceptors (Lipinski definition) is 1. The third kappa shape index (κ3) is 4.12. The van der Waals surface area contributed by atoms with Crippen molar-refractivity contribution in [1.82, 2.24) is 4.90 Å². The highest BCUT2D eigenvalue weighted by Crippen LogP contribution is 2.21. The van der Waals surface area contributed by atoms with E-state index in [0.717, 1.165) is 5.92 Å². The van der Waals surface area contributed by atoms with E-state index >= 15 is 0 Å². The van der Waals surface area contributed by atoms with Crippen LogP contribution in [-0.4, -0.2) is 24.5 Å². The zero-order valence-corrected chi connectivity index (χ0v) is 9.39. The van der Waals surface area contributed by atoms with E-state index in [2.05, 4.69) is 18.7 Å². The van der Waals surface area contributed by atoms with Gasteiger partial charge < -0.3 is 4.90 Å². The van der Waals surface area contributed by atoms with Gasteiger partial charge in [-0.25, -0.2) is 0 Å². The average Bonchev–Trinajstić information content (AvgIpc) is 2.16. The van der Waals surface area contributed by atoms with Crippen molar-refractivity contribution < 1.29 is 0 Å². The Balaban J connectivity index is 2.16. The van der Waals surface area contributed by atoms with Gasteiger partial charge in [-0.15, -0.1) is 0 Å². The molecule has 1 aliphatic heterocycles. The quantitative estimate of drug-likeness (QED) is 0.632. The van der Waals surface area contributed by atoms with Gasteiger partial charge >= 0.3 is 0 Å². The number of unbranched alkanes of at least 4 members (excludes halogenated alkanes) is 1. The molecule has 0 aromatic heterocycles. The van der Waals surface area contributed by atoms with E-state index in [1.807, 2.05) is 0 Å². The fourth-order valence-corrected chi connectivity index (χ4v) is 2.40. The van der Waals surface area contributed by atoms with Crippen molar-refractivity contribution in [2.24, 2.45) is 5.92 Å². The van der Waals surface area contributed by atoms with Crippen LogP contribution in [0.2, 0.25) is 0 Å². The Morgan fingerprint density at radius 2 is 2.08 bits per heavy atom. The average molecular weight is 183 g/mol. The molecule has 1 saturated heterocycles. The van der Waals surface area contributed by atoms with Crippen molar-refractivity contribution in [3.63, 3.8) is 0 Å². The molecule has 1 atom stereocenters. The molecule has 0 N–H and O–H groups in total. The van der Waals surface area contributed by atoms with E-state index in [4.69, 9.17) is 0 Å². The Hall–Kier alpha value is -0.0400. The van der Waals surface area contributed by atoms with Crippen molar-refractivity contribution in [1.29, 1.82) is 0 Å². The standard InChI is InChI=1S/C12H25N/c1-3-5-7-12-8-6-10-13(11-12)9-4-2/h12H,3-11H2,1-2H3. The number of piperidine rings is 1. The van der Waals surface area contributed by atoms with E-state index in [-0.39, 0.29) is 0 Å². The minimum absolute atomic E-state index is 1.01. The first-order valence-corrected chi connectivity index (χ1v) is 6.09. The molecule has 1 rings (SSSR count). The minimum Gasteiger partial charge on any atom is -0.303 e. The van der Waals surface area contributed by atoms with Crippen LogP contribution in [0, 0.1) is 5.92 Å². The van der Waals surface area contributed by atoms with E-state index < -0.39 is 0 Å². The minimum atomic E-state index is 1.01. The first kappa shape index (κ1) is 11.0. The summed E-state index contributed by atoms with van der Waals surface area (Å²) in [6, 6.07) is 0. The van der Waals surface area contributed by atoms with Gasteiger partial charge in [0.2, 0.25) is 0 Å². The van der Waals surface area contributed by atoms with Crippen LogP contribution in [0.3, 0.4) is 0 Å². The molecule has 78 valence electrons. The Kier molecular flexibility index (Phi) is 5.45. The van der Waals surface area contributed by atoms with E-state index in [0.29, 0.717) is 0 Å². The molecule has 1 aliphatic rings. The highest BCUT2D eigenvalue weighted by Gasteiger charge is 2.18. The molecule has 0 amide bonds. The first-order valence-electron chi connectivity index (χ1n) is 6.09. The summed E-state index contributed by atoms with van der Waals surface area (Å²) in [6.45, 7) is 8.65. The summed E-state index contributed by atoms with van der Waals surface area (Å²) in [5, 5.41) is 0. The van der Waals surface area contributed by atoms with Crippen molar-refractivity contribution in [3.05, 3.63) is 0 Å². The largest absolute Gasteiger partial charge is 0.303 e. The first-order chi connectivity index (χ1) is 6.36. The summed E-state index contributed by atoms with van der Waals surface area (Å²) >= 11 is 0. The molecular weight excluding hydrogens is 158 g/mol. The zero-order chi connectivity index (χ0) is 9.52. The smallest absolute Gasteiger partial charge is 0.000966 e. The van der Waals surface area contributed by atoms with Crippen LogP contribution < -0.4 is 0 Å². The number of hydrogen-bond donors (Lipinski definition) is 0. The maximum atomic E-state index is 2.66. The second-order valence-electron chi connectivity index (χ2n) is 4.45. The van der Waals surface area contributed by atoms with Gasteiger partial charge in [0.25, 0.3) is 0 Å². The molecule has 1 heterocycles. The van der Waals surface area contributed by atoms with Gasteiger partial charge in [0.05, 0.1) is 0 Å². The summed E-state index contributed by atoms with van der Waals surface area (Å²) in [5.41, 5.74) is 0. The van der Waals surface area contributed by atoms with E-state index in [9.17, 15) is 0 Å². The maximum Gasteiger partial charge on any atom is 0.000966 e. The summed E-state index contributed by atoms with van der Waals surface area (Å²) in [5.74, 6) is 1.01. The fourth-order valence-electron chi connectivity index (χ4n) is 2.40. The van der Waals surface area contributed by atoms with E-state index in [1.165, 1.54) is 58.2 Å². The van der Waals surface area contributed by atoms with Crippen molar-refractivity contribution in [2.75, 3.05) is 19.6 Å². The lowest BCUT2D eigenvalue weighted by atomic mass is 9.93. The van der Waals surface area contributed by atoms with Crippen molar-refractivity contribution in [3.8, 4) is 0 Å². The van der Waals surface area contributed by atoms with Crippen LogP contribution in [-0.2, 0) is 0 Å². The molecule has 1 fully saturated rings. The summed E-state index contributed by atoms with van der Waals surface area (Å²) < 4.78 is 0. The highest BCUT2D eigenvalue weighted by atomic mass is 15.1. The Morgan fingerprint density at radius 1 is 1.23 bits per heavy atom. The van der Waals surface area contributed by atoms with Gasteiger partial charge in [-0.2, -0.15) is 0 Å². The van der Waals surface area contributed by atoms with Crippen LogP contribution in [0.4, 0.5) is 0 Å². The summed E-state index contributed by atoms with van der Waals surface area (Å²) in [6.07, 6.45) is 8.51. The molecule has 1 unspecified atom stereocenters. The van der Waals surface area contributed by atoms with Crippen LogP contribution in [0.5, 0.6) is 0 Å². The lowest BCUT2D eigenvalue weighted by Gasteiger charge is -2.32. The van der Waals surface area contributed by atoms with Gasteiger partial charge in [0.15, 0.2) is 0 Å². The molecule has 13 heavy (non-hydrogen) atoms. The lowest BCUT2D eigenvalue weighted by Crippen LogP contribution is -2.35. The third-order valence-corrected chi connectivity index (χ3v) is 3.11. The molecule has 0 aromatic rings. The van der Waals surface area contributed by atoms with Gasteiger partial charge in [-0.3, -0.25) is 0 Å². The maximum absolute atomic E-state index is 2.66. The predicted molar refractivity (Wildman–Crippen MR) is 59.0 cm³/mol. The van der Waals surface area contributed by atoms with Crippen LogP contribution >= 0.6 is 0 Å². The highest BCUT2D eigenvalue weighted by molar-refractivity contribution is 4.72. The van der Waals surface area contributed by atoms with Crippen molar-refractivity contribution in [2.45, 2.75) is 52.4 Å². The van der Waals surface area contributed by atoms with Gasteiger partial charge in [0.1, 0.15) is 0 Å². The number of rotatable bonds is 5. The molecule has 0 aliphatic carbocycles. The SMILES string of the molecule is CCCCC1CCCN(CCC)C1. The predicted octanol–water partition coefficient (Wildman–Crippen LogP) is 3.30. The van der Waals surface area contributed by atoms with Gasteiger partial charge in [-0.05, 0) is 44.7 Å². The Labute approximate surface area is 83.5 Å². The fraction of sp³-hybridized carbons (Fsp3) is 1.00. The zero-order valence-electron chi connectivity index (χ0n) is 9.39. The molecule has 1 heteroatoms. The topological polar surface area (TPSA) is 3.24 Å². The number of likely N-dealkylation sites (tertiary alicyclic amines) is 1. The Bertz CT molecular complexity index is 120. The molecule has 1 nitrogen and oxygen atoms in total. The summed E-state index contributed by atoms with van der Waals surface area (Å²) in [7, 11) is 0. The molecular formula is C12H25N. The van der Waals surface area contributed by atoms with Crippen LogP contribution in [0.25, 0.3) is 0 Å². The van der Waals surface area contributed by atoms with Crippen LogP contribution in [0.15, 0.2) is 0 Å². The van der Waals surface area contributed by atoms with E-state index in [1.54, 1.807) is 0 Å². The monoisotopic (exact) mass is 183 g/mol. The van der Waals surface area contributed by atoms with Gasteiger partial charge in [0, 0.05) is 6.54 Å². The molecule has 0 saturated carbocycles. The molecule has 0 aromatic carbocycles. The normalized spacial score (nSPS) is 24.9. The van der Waals surface area contributed by atoms with Crippen molar-refractivity contribution >= 4 is 0 Å². The molecule has 0 radical (unpaired) electrons. The van der Waals surface area contributed by atoms with Gasteiger partial charge in [-0.1, -0.05) is 26.7 Å². The second kappa shape index (κ2) is 6.42. The molecule has 0 bridgehead atoms.